The second kappa shape index (κ2) is 4.65. The molecular formula is C13H14N2. The van der Waals surface area contributed by atoms with Crippen LogP contribution in [0.2, 0.25) is 0 Å². The molecule has 0 atom stereocenters. The number of nitrogens with zero attached hydrogens (tertiary/aromatic N) is 1. The molecule has 1 N–H and O–H groups in total. The Morgan fingerprint density at radius 2 is 1.80 bits per heavy atom. The third-order valence-corrected chi connectivity index (χ3v) is 2.67. The Bertz CT molecular complexity index is 398. The van der Waals surface area contributed by atoms with Gasteiger partial charge in [-0.2, -0.15) is 5.26 Å². The highest BCUT2D eigenvalue weighted by Gasteiger charge is 2.11. The lowest BCUT2D eigenvalue weighted by atomic mass is 9.97. The van der Waals surface area contributed by atoms with E-state index in [0.717, 1.165) is 36.2 Å². The summed E-state index contributed by atoms with van der Waals surface area (Å²) in [6, 6.07) is 12.3. The van der Waals surface area contributed by atoms with Crippen LogP contribution in [0.25, 0.3) is 0 Å². The van der Waals surface area contributed by atoms with Crippen LogP contribution in [0.4, 0.5) is 5.69 Å². The van der Waals surface area contributed by atoms with Gasteiger partial charge in [0.25, 0.3) is 0 Å². The first-order valence-corrected chi connectivity index (χ1v) is 5.34. The van der Waals surface area contributed by atoms with Gasteiger partial charge in [-0.05, 0) is 37.8 Å². The number of hydrogen-bond acceptors (Lipinski definition) is 2. The van der Waals surface area contributed by atoms with Crippen LogP contribution >= 0.6 is 0 Å². The van der Waals surface area contributed by atoms with Gasteiger partial charge in [0.05, 0.1) is 6.07 Å². The van der Waals surface area contributed by atoms with Crippen molar-refractivity contribution in [1.82, 2.24) is 0 Å². The van der Waals surface area contributed by atoms with Gasteiger partial charge >= 0.3 is 0 Å². The molecule has 0 spiro atoms. The lowest BCUT2D eigenvalue weighted by Gasteiger charge is -2.17. The topological polar surface area (TPSA) is 35.8 Å². The predicted molar refractivity (Wildman–Crippen MR) is 61.2 cm³/mol. The van der Waals surface area contributed by atoms with Crippen LogP contribution in [-0.2, 0) is 0 Å². The van der Waals surface area contributed by atoms with Crippen molar-refractivity contribution in [2.24, 2.45) is 0 Å². The van der Waals surface area contributed by atoms with Gasteiger partial charge in [0, 0.05) is 17.0 Å². The maximum absolute atomic E-state index is 8.99. The summed E-state index contributed by atoms with van der Waals surface area (Å²) in [4.78, 5) is 0. The van der Waals surface area contributed by atoms with E-state index < -0.39 is 0 Å². The van der Waals surface area contributed by atoms with E-state index in [2.05, 4.69) is 11.4 Å². The van der Waals surface area contributed by atoms with Crippen LogP contribution in [0.3, 0.4) is 0 Å². The van der Waals surface area contributed by atoms with Gasteiger partial charge in [0.1, 0.15) is 0 Å². The van der Waals surface area contributed by atoms with Crippen LogP contribution in [0, 0.1) is 11.3 Å². The van der Waals surface area contributed by atoms with Crippen LogP contribution in [0.1, 0.15) is 25.7 Å². The highest BCUT2D eigenvalue weighted by Crippen LogP contribution is 2.25. The molecule has 1 aromatic rings. The summed E-state index contributed by atoms with van der Waals surface area (Å²) in [6.07, 6.45) is 4.24. The zero-order valence-corrected chi connectivity index (χ0v) is 8.66. The minimum atomic E-state index is 0.921. The van der Waals surface area contributed by atoms with Crippen LogP contribution in [-0.4, -0.2) is 0 Å². The fraction of sp³-hybridized carbons (Fsp3) is 0.308. The van der Waals surface area contributed by atoms with E-state index in [-0.39, 0.29) is 0 Å². The molecule has 0 amide bonds. The van der Waals surface area contributed by atoms with Gasteiger partial charge < -0.3 is 5.32 Å². The minimum absolute atomic E-state index is 0.921. The molecule has 2 nitrogen and oxygen atoms in total. The Kier molecular flexibility index (Phi) is 3.04. The van der Waals surface area contributed by atoms with Crippen molar-refractivity contribution in [3.63, 3.8) is 0 Å². The molecule has 0 radical (unpaired) electrons. The molecule has 1 aliphatic carbocycles. The van der Waals surface area contributed by atoms with Crippen molar-refractivity contribution in [1.29, 1.82) is 5.26 Å². The van der Waals surface area contributed by atoms with Crippen molar-refractivity contribution < 1.29 is 0 Å². The molecule has 0 saturated heterocycles. The summed E-state index contributed by atoms with van der Waals surface area (Å²) in [5.41, 5.74) is 3.10. The minimum Gasteiger partial charge on any atom is -0.358 e. The first-order chi connectivity index (χ1) is 7.40. The smallest absolute Gasteiger partial charge is 0.0965 e. The first kappa shape index (κ1) is 9.79. The highest BCUT2D eigenvalue weighted by atomic mass is 14.9. The Balaban J connectivity index is 2.18. The molecule has 0 aromatic heterocycles. The van der Waals surface area contributed by atoms with Gasteiger partial charge in [-0.25, -0.2) is 0 Å². The van der Waals surface area contributed by atoms with Gasteiger partial charge in [-0.1, -0.05) is 18.2 Å². The van der Waals surface area contributed by atoms with Crippen molar-refractivity contribution in [3.8, 4) is 6.07 Å². The Labute approximate surface area is 90.2 Å². The highest BCUT2D eigenvalue weighted by molar-refractivity contribution is 5.50. The van der Waals surface area contributed by atoms with E-state index in [1.165, 1.54) is 6.42 Å². The Morgan fingerprint density at radius 3 is 2.53 bits per heavy atom. The molecule has 1 aromatic carbocycles. The summed E-state index contributed by atoms with van der Waals surface area (Å²) >= 11 is 0. The normalized spacial score (nSPS) is 15.9. The van der Waals surface area contributed by atoms with Gasteiger partial charge in [0.15, 0.2) is 0 Å². The standard InChI is InChI=1S/C13H14N2/c14-10-11-6-4-5-9-13(11)15-12-7-2-1-3-8-12/h1-3,7-8,15H,4-6,9H2. The van der Waals surface area contributed by atoms with Gasteiger partial charge in [0.2, 0.25) is 0 Å². The van der Waals surface area contributed by atoms with Crippen LogP contribution in [0.5, 0.6) is 0 Å². The SMILES string of the molecule is N#CC1=C(Nc2ccccc2)CCCC1. The van der Waals surface area contributed by atoms with E-state index >= 15 is 0 Å². The molecule has 0 saturated carbocycles. The number of nitrogens with one attached hydrogen (secondary N) is 1. The molecule has 76 valence electrons. The van der Waals surface area contributed by atoms with Crippen molar-refractivity contribution in [3.05, 3.63) is 41.6 Å². The lowest BCUT2D eigenvalue weighted by molar-refractivity contribution is 0.687. The van der Waals surface area contributed by atoms with Crippen molar-refractivity contribution >= 4 is 5.69 Å². The quantitative estimate of drug-likeness (QED) is 0.790. The summed E-state index contributed by atoms with van der Waals surface area (Å²) in [7, 11) is 0. The number of hydrogen-bond donors (Lipinski definition) is 1. The number of anilines is 1. The fourth-order valence-electron chi connectivity index (χ4n) is 1.86. The molecule has 2 heteroatoms. The van der Waals surface area contributed by atoms with Crippen LogP contribution < -0.4 is 5.32 Å². The Morgan fingerprint density at radius 1 is 1.07 bits per heavy atom. The number of allylic oxidation sites excluding steroid dienone is 2. The van der Waals surface area contributed by atoms with Crippen molar-refractivity contribution in [2.45, 2.75) is 25.7 Å². The molecule has 0 heterocycles. The summed E-state index contributed by atoms with van der Waals surface area (Å²) in [5, 5.41) is 12.3. The molecule has 2 rings (SSSR count). The van der Waals surface area contributed by atoms with Crippen molar-refractivity contribution in [2.75, 3.05) is 5.32 Å². The average Bonchev–Trinajstić information content (AvgIpc) is 2.31. The molecule has 1 aliphatic rings. The maximum Gasteiger partial charge on any atom is 0.0965 e. The zero-order valence-electron chi connectivity index (χ0n) is 8.66. The Hall–Kier alpha value is -1.75. The number of rotatable bonds is 2. The second-order valence-electron chi connectivity index (χ2n) is 3.77. The summed E-state index contributed by atoms with van der Waals surface area (Å²) in [6.45, 7) is 0. The summed E-state index contributed by atoms with van der Waals surface area (Å²) < 4.78 is 0. The third-order valence-electron chi connectivity index (χ3n) is 2.67. The van der Waals surface area contributed by atoms with Gasteiger partial charge in [-0.15, -0.1) is 0 Å². The molecule has 15 heavy (non-hydrogen) atoms. The van der Waals surface area contributed by atoms with Crippen LogP contribution in [0.15, 0.2) is 41.6 Å². The molecule has 0 unspecified atom stereocenters. The third kappa shape index (κ3) is 2.38. The predicted octanol–water partition coefficient (Wildman–Crippen LogP) is 3.45. The molecular weight excluding hydrogens is 184 g/mol. The van der Waals surface area contributed by atoms with E-state index in [1.807, 2.05) is 30.3 Å². The summed E-state index contributed by atoms with van der Waals surface area (Å²) in [5.74, 6) is 0. The first-order valence-electron chi connectivity index (χ1n) is 5.34. The monoisotopic (exact) mass is 198 g/mol. The van der Waals surface area contributed by atoms with E-state index in [4.69, 9.17) is 5.26 Å². The molecule has 0 aliphatic heterocycles. The van der Waals surface area contributed by atoms with E-state index in [0.29, 0.717) is 0 Å². The number of nitriles is 1. The number of benzene rings is 1. The van der Waals surface area contributed by atoms with E-state index in [9.17, 15) is 0 Å². The van der Waals surface area contributed by atoms with Gasteiger partial charge in [-0.3, -0.25) is 0 Å². The van der Waals surface area contributed by atoms with E-state index in [1.54, 1.807) is 0 Å². The molecule has 0 bridgehead atoms. The fourth-order valence-corrected chi connectivity index (χ4v) is 1.86. The number of para-hydroxylation sites is 1. The zero-order chi connectivity index (χ0) is 10.5. The molecule has 0 fully saturated rings. The average molecular weight is 198 g/mol. The maximum atomic E-state index is 8.99. The lowest BCUT2D eigenvalue weighted by Crippen LogP contribution is -2.07. The second-order valence-corrected chi connectivity index (χ2v) is 3.77. The largest absolute Gasteiger partial charge is 0.358 e.